The fourth-order valence-electron chi connectivity index (χ4n) is 2.15. The van der Waals surface area contributed by atoms with Crippen LogP contribution in [-0.2, 0) is 0 Å². The van der Waals surface area contributed by atoms with Gasteiger partial charge in [0.05, 0.1) is 32.2 Å². The number of carbonyl (C=O) groups excluding carboxylic acids is 1. The molecular weight excluding hydrogens is 276 g/mol. The van der Waals surface area contributed by atoms with Gasteiger partial charge in [-0.1, -0.05) is 5.16 Å². The highest BCUT2D eigenvalue weighted by atomic mass is 16.5. The van der Waals surface area contributed by atoms with Crippen LogP contribution in [0.5, 0.6) is 11.8 Å². The fourth-order valence-corrected chi connectivity index (χ4v) is 2.15. The van der Waals surface area contributed by atoms with Gasteiger partial charge in [-0.05, 0) is 0 Å². The van der Waals surface area contributed by atoms with Crippen molar-refractivity contribution in [3.8, 4) is 11.8 Å². The lowest BCUT2D eigenvalue weighted by Gasteiger charge is -2.15. The smallest absolute Gasteiger partial charge is 0.292 e. The summed E-state index contributed by atoms with van der Waals surface area (Å²) >= 11 is 0. The predicted molar refractivity (Wildman–Crippen MR) is 70.0 cm³/mol. The third-order valence-corrected chi connectivity index (χ3v) is 3.17. The number of ether oxygens (including phenoxy) is 2. The molecule has 110 valence electrons. The van der Waals surface area contributed by atoms with Gasteiger partial charge in [-0.2, -0.15) is 4.98 Å². The number of likely N-dealkylation sites (tertiary alicyclic amines) is 1. The topological polar surface area (TPSA) is 90.6 Å². The normalized spacial score (nSPS) is 17.8. The average molecular weight is 290 g/mol. The molecule has 0 aromatic carbocycles. The molecule has 2 aromatic rings. The van der Waals surface area contributed by atoms with Crippen molar-refractivity contribution in [2.75, 3.05) is 20.2 Å². The molecule has 8 nitrogen and oxygen atoms in total. The number of methoxy groups -OCH3 is 1. The number of rotatable bonds is 4. The van der Waals surface area contributed by atoms with Crippen LogP contribution in [0, 0.1) is 0 Å². The first-order valence-electron chi connectivity index (χ1n) is 6.49. The standard InChI is InChI=1S/C13H14N4O4/c1-19-11-6-14-7-12(16-11)20-9-3-5-17(8-9)13(18)10-2-4-15-21-10/h2,4,6-7,9H,3,5,8H2,1H3/t9-/m0/s1. The fraction of sp³-hybridized carbons (Fsp3) is 0.385. The van der Waals surface area contributed by atoms with Crippen LogP contribution in [0.2, 0.25) is 0 Å². The largest absolute Gasteiger partial charge is 0.480 e. The van der Waals surface area contributed by atoms with Crippen molar-refractivity contribution in [1.82, 2.24) is 20.0 Å². The lowest BCUT2D eigenvalue weighted by atomic mass is 10.3. The molecule has 8 heteroatoms. The maximum atomic E-state index is 12.1. The van der Waals surface area contributed by atoms with E-state index in [4.69, 9.17) is 14.0 Å². The minimum Gasteiger partial charge on any atom is -0.480 e. The molecule has 0 N–H and O–H groups in total. The van der Waals surface area contributed by atoms with Crippen molar-refractivity contribution in [2.45, 2.75) is 12.5 Å². The van der Waals surface area contributed by atoms with Crippen LogP contribution in [0.3, 0.4) is 0 Å². The van der Waals surface area contributed by atoms with E-state index in [-0.39, 0.29) is 17.8 Å². The van der Waals surface area contributed by atoms with Crippen LogP contribution in [0.1, 0.15) is 17.0 Å². The molecule has 1 atom stereocenters. The van der Waals surface area contributed by atoms with E-state index in [9.17, 15) is 4.79 Å². The number of nitrogens with zero attached hydrogens (tertiary/aromatic N) is 4. The van der Waals surface area contributed by atoms with Crippen molar-refractivity contribution in [3.05, 3.63) is 30.4 Å². The first-order chi connectivity index (χ1) is 10.3. The summed E-state index contributed by atoms with van der Waals surface area (Å²) in [6.07, 6.45) is 5.06. The van der Waals surface area contributed by atoms with Crippen molar-refractivity contribution in [3.63, 3.8) is 0 Å². The Hall–Kier alpha value is -2.64. The Morgan fingerprint density at radius 2 is 2.29 bits per heavy atom. The summed E-state index contributed by atoms with van der Waals surface area (Å²) in [5, 5.41) is 3.53. The molecule has 3 heterocycles. The molecule has 1 fully saturated rings. The Balaban J connectivity index is 1.60. The highest BCUT2D eigenvalue weighted by Gasteiger charge is 2.30. The van der Waals surface area contributed by atoms with E-state index in [0.717, 1.165) is 6.42 Å². The van der Waals surface area contributed by atoms with Crippen LogP contribution in [0.15, 0.2) is 29.2 Å². The van der Waals surface area contributed by atoms with E-state index in [2.05, 4.69) is 15.1 Å². The molecule has 0 spiro atoms. The molecule has 1 saturated heterocycles. The molecule has 1 aliphatic heterocycles. The molecule has 3 rings (SSSR count). The Bertz CT molecular complexity index is 616. The zero-order valence-corrected chi connectivity index (χ0v) is 11.4. The summed E-state index contributed by atoms with van der Waals surface area (Å²) in [6.45, 7) is 1.07. The second-order valence-electron chi connectivity index (χ2n) is 4.56. The molecule has 1 amide bonds. The molecule has 0 saturated carbocycles. The lowest BCUT2D eigenvalue weighted by Crippen LogP contribution is -2.30. The summed E-state index contributed by atoms with van der Waals surface area (Å²) in [5.41, 5.74) is 0. The molecule has 21 heavy (non-hydrogen) atoms. The molecule has 0 bridgehead atoms. The number of hydrogen-bond donors (Lipinski definition) is 0. The van der Waals surface area contributed by atoms with E-state index in [0.29, 0.717) is 24.8 Å². The molecule has 0 aliphatic carbocycles. The minimum absolute atomic E-state index is 0.127. The molecule has 2 aromatic heterocycles. The Morgan fingerprint density at radius 3 is 3.05 bits per heavy atom. The maximum absolute atomic E-state index is 12.1. The summed E-state index contributed by atoms with van der Waals surface area (Å²) in [6, 6.07) is 1.55. The average Bonchev–Trinajstić information content (AvgIpc) is 3.18. The van der Waals surface area contributed by atoms with E-state index in [1.165, 1.54) is 25.7 Å². The number of hydrogen-bond acceptors (Lipinski definition) is 7. The second kappa shape index (κ2) is 5.78. The SMILES string of the molecule is COc1cncc(O[C@H]2CCN(C(=O)c3ccno3)C2)n1. The summed E-state index contributed by atoms with van der Waals surface area (Å²) < 4.78 is 15.6. The summed E-state index contributed by atoms with van der Waals surface area (Å²) in [7, 11) is 1.52. The van der Waals surface area contributed by atoms with Crippen LogP contribution >= 0.6 is 0 Å². The summed E-state index contributed by atoms with van der Waals surface area (Å²) in [4.78, 5) is 21.9. The van der Waals surface area contributed by atoms with Gasteiger partial charge in [0, 0.05) is 19.0 Å². The van der Waals surface area contributed by atoms with Crippen molar-refractivity contribution in [2.24, 2.45) is 0 Å². The van der Waals surface area contributed by atoms with Gasteiger partial charge in [0.1, 0.15) is 6.10 Å². The quantitative estimate of drug-likeness (QED) is 0.821. The van der Waals surface area contributed by atoms with Gasteiger partial charge in [0.2, 0.25) is 17.5 Å². The van der Waals surface area contributed by atoms with Gasteiger partial charge in [-0.25, -0.2) is 0 Å². The van der Waals surface area contributed by atoms with Gasteiger partial charge < -0.3 is 18.9 Å². The Morgan fingerprint density at radius 1 is 1.43 bits per heavy atom. The second-order valence-corrected chi connectivity index (χ2v) is 4.56. The van der Waals surface area contributed by atoms with Gasteiger partial charge >= 0.3 is 0 Å². The van der Waals surface area contributed by atoms with E-state index in [1.807, 2.05) is 0 Å². The van der Waals surface area contributed by atoms with Gasteiger partial charge in [-0.15, -0.1) is 0 Å². The molecular formula is C13H14N4O4. The first kappa shape index (κ1) is 13.3. The lowest BCUT2D eigenvalue weighted by molar-refractivity contribution is 0.0729. The van der Waals surface area contributed by atoms with Gasteiger partial charge in [0.25, 0.3) is 5.91 Å². The first-order valence-corrected chi connectivity index (χ1v) is 6.49. The Labute approximate surface area is 120 Å². The Kier molecular flexibility index (Phi) is 3.67. The highest BCUT2D eigenvalue weighted by Crippen LogP contribution is 2.19. The predicted octanol–water partition coefficient (Wildman–Crippen LogP) is 0.767. The van der Waals surface area contributed by atoms with Gasteiger partial charge in [-0.3, -0.25) is 9.78 Å². The monoisotopic (exact) mass is 290 g/mol. The number of carbonyl (C=O) groups is 1. The van der Waals surface area contributed by atoms with Crippen LogP contribution in [0.25, 0.3) is 0 Å². The van der Waals surface area contributed by atoms with Crippen LogP contribution < -0.4 is 9.47 Å². The summed E-state index contributed by atoms with van der Waals surface area (Å²) in [5.74, 6) is 0.820. The minimum atomic E-state index is -0.185. The van der Waals surface area contributed by atoms with E-state index in [1.54, 1.807) is 11.0 Å². The zero-order valence-electron chi connectivity index (χ0n) is 11.4. The van der Waals surface area contributed by atoms with E-state index >= 15 is 0 Å². The van der Waals surface area contributed by atoms with E-state index < -0.39 is 0 Å². The van der Waals surface area contributed by atoms with Crippen molar-refractivity contribution >= 4 is 5.91 Å². The molecule has 0 unspecified atom stereocenters. The van der Waals surface area contributed by atoms with Crippen molar-refractivity contribution in [1.29, 1.82) is 0 Å². The van der Waals surface area contributed by atoms with Gasteiger partial charge in [0.15, 0.2) is 0 Å². The van der Waals surface area contributed by atoms with Crippen molar-refractivity contribution < 1.29 is 18.8 Å². The highest BCUT2D eigenvalue weighted by molar-refractivity contribution is 5.91. The van der Waals surface area contributed by atoms with Crippen LogP contribution in [-0.4, -0.2) is 52.2 Å². The molecule has 0 radical (unpaired) electrons. The molecule has 1 aliphatic rings. The third kappa shape index (κ3) is 2.93. The maximum Gasteiger partial charge on any atom is 0.292 e. The zero-order chi connectivity index (χ0) is 14.7. The number of amides is 1. The third-order valence-electron chi connectivity index (χ3n) is 3.17. The number of aromatic nitrogens is 3. The van der Waals surface area contributed by atoms with Crippen LogP contribution in [0.4, 0.5) is 0 Å².